The fourth-order valence-corrected chi connectivity index (χ4v) is 3.38. The second kappa shape index (κ2) is 7.76. The second-order valence-electron chi connectivity index (χ2n) is 6.88. The Bertz CT molecular complexity index is 670. The van der Waals surface area contributed by atoms with E-state index in [0.717, 1.165) is 16.8 Å². The van der Waals surface area contributed by atoms with E-state index in [0.29, 0.717) is 6.42 Å². The Morgan fingerprint density at radius 3 is 2.25 bits per heavy atom. The molecule has 0 aromatic heterocycles. The average molecular weight is 327 g/mol. The van der Waals surface area contributed by atoms with Crippen molar-refractivity contribution in [3.8, 4) is 0 Å². The molecule has 1 rings (SSSR count). The lowest BCUT2D eigenvalue weighted by atomic mass is 9.63. The first-order valence-corrected chi connectivity index (χ1v) is 8.40. The van der Waals surface area contributed by atoms with Gasteiger partial charge in [-0.1, -0.05) is 48.6 Å². The van der Waals surface area contributed by atoms with Crippen LogP contribution in [0.25, 0.3) is 0 Å². The summed E-state index contributed by atoms with van der Waals surface area (Å²) in [5.41, 5.74) is 3.72. The van der Waals surface area contributed by atoms with Gasteiger partial charge in [-0.15, -0.1) is 0 Å². The molecule has 0 fully saturated rings. The predicted octanol–water partition coefficient (Wildman–Crippen LogP) is 5.20. The van der Waals surface area contributed by atoms with E-state index in [1.807, 2.05) is 28.9 Å². The molecule has 0 aliphatic heterocycles. The minimum atomic E-state index is -0.476. The molecule has 130 valence electrons. The highest BCUT2D eigenvalue weighted by molar-refractivity contribution is 5.43. The maximum atomic E-state index is 9.75. The Hall–Kier alpha value is -1.93. The van der Waals surface area contributed by atoms with Crippen molar-refractivity contribution in [1.82, 2.24) is 0 Å². The van der Waals surface area contributed by atoms with Gasteiger partial charge in [-0.2, -0.15) is 4.58 Å². The van der Waals surface area contributed by atoms with Gasteiger partial charge in [-0.05, 0) is 40.2 Å². The third-order valence-corrected chi connectivity index (χ3v) is 5.82. The maximum Gasteiger partial charge on any atom is 0.208 e. The predicted molar refractivity (Wildman–Crippen MR) is 105 cm³/mol. The van der Waals surface area contributed by atoms with Gasteiger partial charge in [0.25, 0.3) is 0 Å². The van der Waals surface area contributed by atoms with E-state index in [4.69, 9.17) is 0 Å². The van der Waals surface area contributed by atoms with Gasteiger partial charge in [0, 0.05) is 25.2 Å². The van der Waals surface area contributed by atoms with Crippen LogP contribution in [0, 0.1) is 12.3 Å². The van der Waals surface area contributed by atoms with Crippen LogP contribution in [-0.2, 0) is 0 Å². The SMILES string of the molecule is C=C/C(C)=C(\C)C(C)(CCO)C(C)(C=C)[N+](=C)c1ccccc1C. The lowest BCUT2D eigenvalue weighted by Crippen LogP contribution is -2.51. The van der Waals surface area contributed by atoms with Crippen molar-refractivity contribution < 1.29 is 9.68 Å². The Balaban J connectivity index is 3.63. The molecule has 2 heteroatoms. The van der Waals surface area contributed by atoms with Crippen LogP contribution in [0.15, 0.2) is 60.7 Å². The molecule has 0 aliphatic rings. The molecule has 1 aromatic carbocycles. The Morgan fingerprint density at radius 2 is 1.79 bits per heavy atom. The standard InChI is InChI=1S/C22H32NO/c1-9-17(3)19(5)21(6,15-16-24)22(7,10-2)23(8)20-14-12-11-13-18(20)4/h9-14,24H,1-2,8,15-16H2,3-7H3/q+1/b19-17+. The zero-order chi connectivity index (χ0) is 18.5. The summed E-state index contributed by atoms with van der Waals surface area (Å²) in [5.74, 6) is 0. The number of hydrogen-bond acceptors (Lipinski definition) is 1. The molecule has 2 unspecified atom stereocenters. The van der Waals surface area contributed by atoms with Crippen LogP contribution in [0.4, 0.5) is 5.69 Å². The topological polar surface area (TPSA) is 23.2 Å². The van der Waals surface area contributed by atoms with Crippen LogP contribution < -0.4 is 0 Å². The van der Waals surface area contributed by atoms with Crippen LogP contribution in [0.5, 0.6) is 0 Å². The van der Waals surface area contributed by atoms with Gasteiger partial charge in [-0.3, -0.25) is 0 Å². The third-order valence-electron chi connectivity index (χ3n) is 5.82. The smallest absolute Gasteiger partial charge is 0.208 e. The van der Waals surface area contributed by atoms with Crippen LogP contribution in [0.2, 0.25) is 0 Å². The Morgan fingerprint density at radius 1 is 1.21 bits per heavy atom. The van der Waals surface area contributed by atoms with Crippen molar-refractivity contribution in [1.29, 1.82) is 0 Å². The van der Waals surface area contributed by atoms with Crippen LogP contribution in [-0.4, -0.2) is 28.5 Å². The summed E-state index contributed by atoms with van der Waals surface area (Å²) in [6.45, 7) is 23.0. The monoisotopic (exact) mass is 326 g/mol. The number of rotatable bonds is 8. The normalized spacial score (nSPS) is 17.2. The molecule has 0 spiro atoms. The molecule has 0 radical (unpaired) electrons. The molecule has 0 heterocycles. The summed E-state index contributed by atoms with van der Waals surface area (Å²) in [6.07, 6.45) is 4.43. The number of allylic oxidation sites excluding steroid dienone is 2. The average Bonchev–Trinajstić information content (AvgIpc) is 2.59. The third kappa shape index (κ3) is 3.29. The molecule has 0 bridgehead atoms. The molecule has 1 aromatic rings. The fourth-order valence-electron chi connectivity index (χ4n) is 3.38. The molecule has 0 saturated heterocycles. The number of aryl methyl sites for hydroxylation is 1. The van der Waals surface area contributed by atoms with Gasteiger partial charge >= 0.3 is 0 Å². The molecule has 0 aliphatic carbocycles. The molecule has 0 saturated carbocycles. The van der Waals surface area contributed by atoms with Crippen molar-refractivity contribution in [2.75, 3.05) is 6.61 Å². The largest absolute Gasteiger partial charge is 0.396 e. The van der Waals surface area contributed by atoms with Gasteiger partial charge in [0.1, 0.15) is 6.72 Å². The zero-order valence-electron chi connectivity index (χ0n) is 15.9. The Kier molecular flexibility index (Phi) is 6.50. The van der Waals surface area contributed by atoms with Gasteiger partial charge in [0.15, 0.2) is 5.54 Å². The first-order valence-electron chi connectivity index (χ1n) is 8.40. The highest BCUT2D eigenvalue weighted by Crippen LogP contribution is 2.47. The van der Waals surface area contributed by atoms with E-state index in [2.05, 4.69) is 66.6 Å². The molecule has 1 N–H and O–H groups in total. The number of aliphatic hydroxyl groups excluding tert-OH is 1. The molecular weight excluding hydrogens is 294 g/mol. The van der Waals surface area contributed by atoms with Crippen LogP contribution >= 0.6 is 0 Å². The van der Waals surface area contributed by atoms with Gasteiger partial charge in [-0.25, -0.2) is 0 Å². The van der Waals surface area contributed by atoms with Crippen molar-refractivity contribution in [3.05, 3.63) is 66.3 Å². The van der Waals surface area contributed by atoms with E-state index in [9.17, 15) is 5.11 Å². The molecule has 2 atom stereocenters. The van der Waals surface area contributed by atoms with E-state index in [-0.39, 0.29) is 12.0 Å². The van der Waals surface area contributed by atoms with E-state index >= 15 is 0 Å². The highest BCUT2D eigenvalue weighted by Gasteiger charge is 2.52. The van der Waals surface area contributed by atoms with Crippen LogP contribution in [0.3, 0.4) is 0 Å². The van der Waals surface area contributed by atoms with Crippen molar-refractivity contribution >= 4 is 12.4 Å². The maximum absolute atomic E-state index is 9.75. The highest BCUT2D eigenvalue weighted by atomic mass is 16.3. The number of nitrogens with zero attached hydrogens (tertiary/aromatic N) is 1. The number of hydrogen-bond donors (Lipinski definition) is 1. The van der Waals surface area contributed by atoms with Gasteiger partial charge < -0.3 is 5.11 Å². The van der Waals surface area contributed by atoms with E-state index in [1.165, 1.54) is 5.57 Å². The first kappa shape index (κ1) is 20.1. The van der Waals surface area contributed by atoms with E-state index in [1.54, 1.807) is 0 Å². The lowest BCUT2D eigenvalue weighted by molar-refractivity contribution is -0.527. The van der Waals surface area contributed by atoms with Crippen molar-refractivity contribution in [2.24, 2.45) is 5.41 Å². The summed E-state index contributed by atoms with van der Waals surface area (Å²) in [4.78, 5) is 0. The van der Waals surface area contributed by atoms with E-state index < -0.39 is 5.54 Å². The number of para-hydroxylation sites is 1. The van der Waals surface area contributed by atoms with Crippen LogP contribution in [0.1, 0.15) is 39.7 Å². The summed E-state index contributed by atoms with van der Waals surface area (Å²) in [5, 5.41) is 9.75. The fraction of sp³-hybridized carbons (Fsp3) is 0.409. The number of benzene rings is 1. The lowest BCUT2D eigenvalue weighted by Gasteiger charge is -2.42. The van der Waals surface area contributed by atoms with Crippen molar-refractivity contribution in [3.63, 3.8) is 0 Å². The Labute approximate surface area is 147 Å². The second-order valence-corrected chi connectivity index (χ2v) is 6.88. The molecular formula is C22H32NO+. The zero-order valence-corrected chi connectivity index (χ0v) is 15.9. The van der Waals surface area contributed by atoms with Gasteiger partial charge in [0.05, 0.1) is 5.41 Å². The molecule has 0 amide bonds. The summed E-state index contributed by atoms with van der Waals surface area (Å²) in [7, 11) is 0. The first-order chi connectivity index (χ1) is 11.2. The summed E-state index contributed by atoms with van der Waals surface area (Å²) >= 11 is 0. The minimum Gasteiger partial charge on any atom is -0.396 e. The molecule has 2 nitrogen and oxygen atoms in total. The van der Waals surface area contributed by atoms with Crippen molar-refractivity contribution in [2.45, 2.75) is 46.6 Å². The summed E-state index contributed by atoms with van der Waals surface area (Å²) < 4.78 is 2.03. The quantitative estimate of drug-likeness (QED) is 0.302. The molecule has 24 heavy (non-hydrogen) atoms. The van der Waals surface area contributed by atoms with Gasteiger partial charge in [0.2, 0.25) is 5.69 Å². The summed E-state index contributed by atoms with van der Waals surface area (Å²) in [6, 6.07) is 8.20. The minimum absolute atomic E-state index is 0.101. The number of aliphatic hydroxyl groups is 1.